The van der Waals surface area contributed by atoms with Gasteiger partial charge in [-0.15, -0.1) is 0 Å². The molecule has 0 aliphatic carbocycles. The van der Waals surface area contributed by atoms with Gasteiger partial charge in [0.05, 0.1) is 11.9 Å². The van der Waals surface area contributed by atoms with Gasteiger partial charge in [-0.3, -0.25) is 9.10 Å². The minimum Gasteiger partial charge on any atom is -0.326 e. The fourth-order valence-corrected chi connectivity index (χ4v) is 3.19. The molecule has 0 saturated carbocycles. The number of carbonyl (C=O) groups is 1. The van der Waals surface area contributed by atoms with Crippen molar-refractivity contribution in [2.45, 2.75) is 12.8 Å². The highest BCUT2D eigenvalue weighted by atomic mass is 32.2. The zero-order valence-corrected chi connectivity index (χ0v) is 14.1. The van der Waals surface area contributed by atoms with Crippen molar-refractivity contribution in [2.24, 2.45) is 0 Å². The summed E-state index contributed by atoms with van der Waals surface area (Å²) in [7, 11) is -3.42. The maximum absolute atomic E-state index is 12.8. The largest absolute Gasteiger partial charge is 0.326 e. The Bertz CT molecular complexity index is 777. The van der Waals surface area contributed by atoms with Gasteiger partial charge in [0.2, 0.25) is 15.9 Å². The van der Waals surface area contributed by atoms with Crippen molar-refractivity contribution in [3.05, 3.63) is 60.4 Å². The summed E-state index contributed by atoms with van der Waals surface area (Å²) >= 11 is 0. The zero-order chi connectivity index (χ0) is 17.6. The third kappa shape index (κ3) is 5.34. The van der Waals surface area contributed by atoms with Crippen LogP contribution in [0.25, 0.3) is 0 Å². The molecular weight excluding hydrogens is 331 g/mol. The van der Waals surface area contributed by atoms with Gasteiger partial charge < -0.3 is 5.32 Å². The Labute approximate surface area is 141 Å². The first kappa shape index (κ1) is 17.9. The molecule has 5 nitrogen and oxygen atoms in total. The van der Waals surface area contributed by atoms with Crippen molar-refractivity contribution in [3.63, 3.8) is 0 Å². The predicted molar refractivity (Wildman–Crippen MR) is 92.9 cm³/mol. The van der Waals surface area contributed by atoms with Crippen molar-refractivity contribution < 1.29 is 17.6 Å². The minimum atomic E-state index is -3.42. The van der Waals surface area contributed by atoms with Gasteiger partial charge in [-0.1, -0.05) is 18.2 Å². The average molecular weight is 350 g/mol. The summed E-state index contributed by atoms with van der Waals surface area (Å²) < 4.78 is 37.9. The Morgan fingerprint density at radius 1 is 1.08 bits per heavy atom. The first-order chi connectivity index (χ1) is 11.4. The summed E-state index contributed by atoms with van der Waals surface area (Å²) in [6.07, 6.45) is 1.67. The van der Waals surface area contributed by atoms with Crippen molar-refractivity contribution in [3.8, 4) is 0 Å². The number of hydrogen-bond acceptors (Lipinski definition) is 3. The molecule has 24 heavy (non-hydrogen) atoms. The number of rotatable bonds is 7. The molecule has 0 bridgehead atoms. The highest BCUT2D eigenvalue weighted by Crippen LogP contribution is 2.17. The number of nitrogens with one attached hydrogen (secondary N) is 1. The van der Waals surface area contributed by atoms with Gasteiger partial charge in [0.1, 0.15) is 5.82 Å². The number of nitrogens with zero attached hydrogens (tertiary/aromatic N) is 1. The molecular formula is C17H19FN2O3S. The Balaban J connectivity index is 1.91. The van der Waals surface area contributed by atoms with Crippen LogP contribution < -0.4 is 9.62 Å². The van der Waals surface area contributed by atoms with Crippen molar-refractivity contribution >= 4 is 27.3 Å². The first-order valence-electron chi connectivity index (χ1n) is 7.44. The molecule has 0 fully saturated rings. The minimum absolute atomic E-state index is 0.163. The molecule has 0 saturated heterocycles. The quantitative estimate of drug-likeness (QED) is 0.835. The second kappa shape index (κ2) is 7.92. The molecule has 0 aliphatic rings. The molecule has 0 spiro atoms. The molecule has 0 atom stereocenters. The standard InChI is InChI=1S/C17H19FN2O3S/c1-24(22,23)20(16-6-3-2-4-7-16)13-5-8-17(21)19-15-11-9-14(18)10-12-15/h2-4,6-7,9-12H,5,8,13H2,1H3,(H,19,21). The number of carbonyl (C=O) groups excluding carboxylic acids is 1. The fourth-order valence-electron chi connectivity index (χ4n) is 2.22. The van der Waals surface area contributed by atoms with E-state index in [0.717, 1.165) is 6.26 Å². The Hall–Kier alpha value is -2.41. The maximum Gasteiger partial charge on any atom is 0.232 e. The van der Waals surface area contributed by atoms with E-state index in [2.05, 4.69) is 5.32 Å². The van der Waals surface area contributed by atoms with Gasteiger partial charge >= 0.3 is 0 Å². The predicted octanol–water partition coefficient (Wildman–Crippen LogP) is 3.01. The Morgan fingerprint density at radius 2 is 1.71 bits per heavy atom. The molecule has 2 rings (SSSR count). The lowest BCUT2D eigenvalue weighted by Gasteiger charge is -2.22. The number of hydrogen-bond donors (Lipinski definition) is 1. The molecule has 7 heteroatoms. The van der Waals surface area contributed by atoms with E-state index in [1.807, 2.05) is 0 Å². The normalized spacial score (nSPS) is 11.1. The second-order valence-electron chi connectivity index (χ2n) is 5.33. The van der Waals surface area contributed by atoms with Gasteiger partial charge in [0.15, 0.2) is 0 Å². The van der Waals surface area contributed by atoms with E-state index in [1.165, 1.54) is 28.6 Å². The number of sulfonamides is 1. The van der Waals surface area contributed by atoms with E-state index < -0.39 is 10.0 Å². The molecule has 1 N–H and O–H groups in total. The van der Waals surface area contributed by atoms with Gasteiger partial charge in [-0.2, -0.15) is 0 Å². The lowest BCUT2D eigenvalue weighted by atomic mass is 10.2. The molecule has 2 aromatic carbocycles. The number of benzene rings is 2. The topological polar surface area (TPSA) is 66.5 Å². The van der Waals surface area contributed by atoms with Crippen LogP contribution in [0.1, 0.15) is 12.8 Å². The summed E-state index contributed by atoms with van der Waals surface area (Å²) in [5, 5.41) is 2.65. The molecule has 1 amide bonds. The summed E-state index contributed by atoms with van der Waals surface area (Å²) in [4.78, 5) is 11.9. The van der Waals surface area contributed by atoms with E-state index in [-0.39, 0.29) is 24.7 Å². The van der Waals surface area contributed by atoms with E-state index in [4.69, 9.17) is 0 Å². The summed E-state index contributed by atoms with van der Waals surface area (Å²) in [5.41, 5.74) is 1.07. The molecule has 0 unspecified atom stereocenters. The first-order valence-corrected chi connectivity index (χ1v) is 9.29. The lowest BCUT2D eigenvalue weighted by Crippen LogP contribution is -2.31. The van der Waals surface area contributed by atoms with Gasteiger partial charge in [-0.05, 0) is 42.8 Å². The molecule has 0 aliphatic heterocycles. The number of amides is 1. The third-order valence-electron chi connectivity index (χ3n) is 3.34. The molecule has 128 valence electrons. The zero-order valence-electron chi connectivity index (χ0n) is 13.3. The molecule has 0 heterocycles. The lowest BCUT2D eigenvalue weighted by molar-refractivity contribution is -0.116. The van der Waals surface area contributed by atoms with Crippen LogP contribution >= 0.6 is 0 Å². The third-order valence-corrected chi connectivity index (χ3v) is 4.53. The van der Waals surface area contributed by atoms with Crippen LogP contribution in [0.3, 0.4) is 0 Å². The maximum atomic E-state index is 12.8. The highest BCUT2D eigenvalue weighted by Gasteiger charge is 2.17. The number of para-hydroxylation sites is 1. The van der Waals surface area contributed by atoms with Gasteiger partial charge in [0.25, 0.3) is 0 Å². The highest BCUT2D eigenvalue weighted by molar-refractivity contribution is 7.92. The van der Waals surface area contributed by atoms with Crippen LogP contribution in [0, 0.1) is 5.82 Å². The molecule has 0 radical (unpaired) electrons. The van der Waals surface area contributed by atoms with Crippen LogP contribution in [0.15, 0.2) is 54.6 Å². The van der Waals surface area contributed by atoms with Crippen LogP contribution in [-0.4, -0.2) is 27.1 Å². The average Bonchev–Trinajstić information content (AvgIpc) is 2.53. The van der Waals surface area contributed by atoms with E-state index in [1.54, 1.807) is 30.3 Å². The van der Waals surface area contributed by atoms with Crippen molar-refractivity contribution in [2.75, 3.05) is 22.4 Å². The second-order valence-corrected chi connectivity index (χ2v) is 7.24. The summed E-state index contributed by atoms with van der Waals surface area (Å²) in [6, 6.07) is 14.2. The number of halogens is 1. The van der Waals surface area contributed by atoms with Crippen molar-refractivity contribution in [1.82, 2.24) is 0 Å². The Kier molecular flexibility index (Phi) is 5.92. The van der Waals surface area contributed by atoms with Crippen molar-refractivity contribution in [1.29, 1.82) is 0 Å². The monoisotopic (exact) mass is 350 g/mol. The smallest absolute Gasteiger partial charge is 0.232 e. The fraction of sp³-hybridized carbons (Fsp3) is 0.235. The van der Waals surface area contributed by atoms with E-state index >= 15 is 0 Å². The Morgan fingerprint density at radius 3 is 2.29 bits per heavy atom. The van der Waals surface area contributed by atoms with E-state index in [9.17, 15) is 17.6 Å². The van der Waals surface area contributed by atoms with Crippen LogP contribution in [0.5, 0.6) is 0 Å². The molecule has 0 aromatic heterocycles. The summed E-state index contributed by atoms with van der Waals surface area (Å²) in [6.45, 7) is 0.208. The van der Waals surface area contributed by atoms with Crippen LogP contribution in [0.2, 0.25) is 0 Å². The van der Waals surface area contributed by atoms with E-state index in [0.29, 0.717) is 17.8 Å². The SMILES string of the molecule is CS(=O)(=O)N(CCCC(=O)Nc1ccc(F)cc1)c1ccccc1. The van der Waals surface area contributed by atoms with Crippen LogP contribution in [-0.2, 0) is 14.8 Å². The number of anilines is 2. The van der Waals surface area contributed by atoms with Crippen LogP contribution in [0.4, 0.5) is 15.8 Å². The van der Waals surface area contributed by atoms with Gasteiger partial charge in [0, 0.05) is 18.7 Å². The summed E-state index contributed by atoms with van der Waals surface area (Å²) in [5.74, 6) is -0.622. The van der Waals surface area contributed by atoms with Gasteiger partial charge in [-0.25, -0.2) is 12.8 Å². The molecule has 2 aromatic rings.